The summed E-state index contributed by atoms with van der Waals surface area (Å²) in [5.41, 5.74) is 23.9. The van der Waals surface area contributed by atoms with E-state index in [2.05, 4.69) is 36.4 Å². The van der Waals surface area contributed by atoms with E-state index in [0.29, 0.717) is 22.5 Å². The molecule has 0 radical (unpaired) electrons. The summed E-state index contributed by atoms with van der Waals surface area (Å²) < 4.78 is 0. The van der Waals surface area contributed by atoms with Crippen molar-refractivity contribution in [2.24, 2.45) is 0 Å². The van der Waals surface area contributed by atoms with Crippen LogP contribution in [-0.4, -0.2) is 5.78 Å². The van der Waals surface area contributed by atoms with Crippen molar-refractivity contribution in [3.05, 3.63) is 129 Å². The second-order valence-corrected chi connectivity index (χ2v) is 8.22. The smallest absolute Gasteiger partial charge is 0.193 e. The van der Waals surface area contributed by atoms with Crippen molar-refractivity contribution >= 4 is 40.5 Å². The number of fused-ring (bicyclic) bond motifs is 2. The maximum absolute atomic E-state index is 13.1. The van der Waals surface area contributed by atoms with Crippen molar-refractivity contribution in [2.75, 3.05) is 11.5 Å². The fourth-order valence-corrected chi connectivity index (χ4v) is 4.56. The lowest BCUT2D eigenvalue weighted by Crippen LogP contribution is -2.08. The molecule has 4 aromatic carbocycles. The van der Waals surface area contributed by atoms with Gasteiger partial charge < -0.3 is 11.5 Å². The normalized spacial score (nSPS) is 13.1. The van der Waals surface area contributed by atoms with Crippen molar-refractivity contribution in [3.8, 4) is 0 Å². The number of carbonyl (C=O) groups excluding carboxylic acids is 1. The van der Waals surface area contributed by atoms with Crippen LogP contribution in [-0.2, 0) is 0 Å². The van der Waals surface area contributed by atoms with Crippen LogP contribution in [0, 0.1) is 0 Å². The Balaban J connectivity index is 1.28. The molecule has 6 rings (SSSR count). The Bertz CT molecular complexity index is 1390. The summed E-state index contributed by atoms with van der Waals surface area (Å²) in [6, 6.07) is 27.5. The fraction of sp³-hybridized carbons (Fsp3) is 0. The lowest BCUT2D eigenvalue weighted by Gasteiger charge is -2.22. The van der Waals surface area contributed by atoms with Crippen molar-refractivity contribution < 1.29 is 4.79 Å². The first-order valence-corrected chi connectivity index (χ1v) is 10.6. The molecule has 2 aliphatic carbocycles. The largest absolute Gasteiger partial charge is 0.398 e. The Kier molecular flexibility index (Phi) is 3.92. The van der Waals surface area contributed by atoms with E-state index in [1.807, 2.05) is 48.5 Å². The zero-order valence-corrected chi connectivity index (χ0v) is 17.3. The van der Waals surface area contributed by atoms with Crippen LogP contribution in [0.15, 0.2) is 84.9 Å². The van der Waals surface area contributed by atoms with Crippen LogP contribution >= 0.6 is 0 Å². The van der Waals surface area contributed by atoms with Gasteiger partial charge in [0, 0.05) is 33.6 Å². The second kappa shape index (κ2) is 6.82. The summed E-state index contributed by atoms with van der Waals surface area (Å²) in [6.07, 6.45) is 4.24. The first-order chi connectivity index (χ1) is 15.6. The van der Waals surface area contributed by atoms with Gasteiger partial charge in [-0.25, -0.2) is 0 Å². The van der Waals surface area contributed by atoms with Crippen molar-refractivity contribution in [1.82, 2.24) is 0 Å². The zero-order chi connectivity index (χ0) is 21.8. The lowest BCUT2D eigenvalue weighted by molar-refractivity contribution is 0.103. The van der Waals surface area contributed by atoms with Gasteiger partial charge in [0.1, 0.15) is 0 Å². The number of carbonyl (C=O) groups is 1. The number of ketones is 1. The fourth-order valence-electron chi connectivity index (χ4n) is 4.56. The molecule has 0 fully saturated rings. The maximum atomic E-state index is 13.1. The third-order valence-corrected chi connectivity index (χ3v) is 6.31. The highest BCUT2D eigenvalue weighted by molar-refractivity contribution is 6.12. The van der Waals surface area contributed by atoms with E-state index in [-0.39, 0.29) is 5.78 Å². The SMILES string of the molecule is Nc1cc(C(=O)c2ccc(C3=Cc4ccccc43)c(N)c2)ccc1C1=Cc2ccccc21. The van der Waals surface area contributed by atoms with Crippen molar-refractivity contribution in [3.63, 3.8) is 0 Å². The molecule has 0 aromatic heterocycles. The van der Waals surface area contributed by atoms with E-state index in [4.69, 9.17) is 11.5 Å². The number of rotatable bonds is 4. The van der Waals surface area contributed by atoms with E-state index in [9.17, 15) is 4.79 Å². The van der Waals surface area contributed by atoms with Crippen molar-refractivity contribution in [1.29, 1.82) is 0 Å². The van der Waals surface area contributed by atoms with Gasteiger partial charge in [-0.15, -0.1) is 0 Å². The molecule has 0 bridgehead atoms. The van der Waals surface area contributed by atoms with Gasteiger partial charge in [-0.2, -0.15) is 0 Å². The van der Waals surface area contributed by atoms with Crippen molar-refractivity contribution in [2.45, 2.75) is 0 Å². The first-order valence-electron chi connectivity index (χ1n) is 10.6. The molecule has 4 N–H and O–H groups in total. The van der Waals surface area contributed by atoms with E-state index < -0.39 is 0 Å². The highest BCUT2D eigenvalue weighted by Crippen LogP contribution is 2.41. The highest BCUT2D eigenvalue weighted by atomic mass is 16.1. The van der Waals surface area contributed by atoms with Crippen LogP contribution < -0.4 is 11.5 Å². The first kappa shape index (κ1) is 18.4. The highest BCUT2D eigenvalue weighted by Gasteiger charge is 2.22. The summed E-state index contributed by atoms with van der Waals surface area (Å²) >= 11 is 0. The van der Waals surface area contributed by atoms with Crippen LogP contribution in [0.5, 0.6) is 0 Å². The second-order valence-electron chi connectivity index (χ2n) is 8.22. The molecule has 0 aliphatic heterocycles. The Labute approximate surface area is 186 Å². The van der Waals surface area contributed by atoms with E-state index in [0.717, 1.165) is 22.3 Å². The molecule has 0 spiro atoms. The van der Waals surface area contributed by atoms with Gasteiger partial charge in [-0.1, -0.05) is 72.8 Å². The van der Waals surface area contributed by atoms with Crippen LogP contribution in [0.4, 0.5) is 11.4 Å². The minimum atomic E-state index is -0.0903. The zero-order valence-electron chi connectivity index (χ0n) is 17.3. The van der Waals surface area contributed by atoms with Gasteiger partial charge in [0.2, 0.25) is 0 Å². The summed E-state index contributed by atoms with van der Waals surface area (Å²) in [4.78, 5) is 13.1. The molecule has 0 heterocycles. The van der Waals surface area contributed by atoms with Gasteiger partial charge in [-0.3, -0.25) is 4.79 Å². The lowest BCUT2D eigenvalue weighted by atomic mass is 9.82. The summed E-state index contributed by atoms with van der Waals surface area (Å²) in [5, 5.41) is 0. The van der Waals surface area contributed by atoms with E-state index in [1.165, 1.54) is 22.3 Å². The average Bonchev–Trinajstić information content (AvgIpc) is 2.77. The maximum Gasteiger partial charge on any atom is 0.193 e. The van der Waals surface area contributed by atoms with E-state index in [1.54, 1.807) is 12.1 Å². The molecule has 3 nitrogen and oxygen atoms in total. The minimum absolute atomic E-state index is 0.0903. The number of benzene rings is 4. The summed E-state index contributed by atoms with van der Waals surface area (Å²) in [5.74, 6) is -0.0903. The molecule has 32 heavy (non-hydrogen) atoms. The predicted molar refractivity (Wildman–Crippen MR) is 132 cm³/mol. The van der Waals surface area contributed by atoms with Gasteiger partial charge in [0.15, 0.2) is 5.78 Å². The number of hydrogen-bond acceptors (Lipinski definition) is 3. The third kappa shape index (κ3) is 2.72. The summed E-state index contributed by atoms with van der Waals surface area (Å²) in [7, 11) is 0. The molecule has 2 aliphatic rings. The molecular weight excluding hydrogens is 392 g/mol. The molecule has 0 saturated heterocycles. The summed E-state index contributed by atoms with van der Waals surface area (Å²) in [6.45, 7) is 0. The van der Waals surface area contributed by atoms with Crippen LogP contribution in [0.1, 0.15) is 49.3 Å². The Morgan fingerprint density at radius 3 is 1.38 bits per heavy atom. The average molecular weight is 412 g/mol. The molecule has 0 amide bonds. The molecule has 0 saturated carbocycles. The monoisotopic (exact) mass is 412 g/mol. The molecule has 4 aromatic rings. The Hall–Kier alpha value is -4.37. The van der Waals surface area contributed by atoms with Gasteiger partial charge in [0.05, 0.1) is 0 Å². The van der Waals surface area contributed by atoms with Crippen LogP contribution in [0.25, 0.3) is 23.3 Å². The van der Waals surface area contributed by atoms with Crippen LogP contribution in [0.3, 0.4) is 0 Å². The Morgan fingerprint density at radius 2 is 0.969 bits per heavy atom. The Morgan fingerprint density at radius 1 is 0.531 bits per heavy atom. The predicted octanol–water partition coefficient (Wildman–Crippen LogP) is 5.89. The molecule has 0 unspecified atom stereocenters. The van der Waals surface area contributed by atoms with E-state index >= 15 is 0 Å². The number of nitrogen functional groups attached to an aromatic ring is 2. The van der Waals surface area contributed by atoms with Gasteiger partial charge >= 0.3 is 0 Å². The molecular formula is C29H20N2O. The topological polar surface area (TPSA) is 69.1 Å². The number of anilines is 2. The molecule has 152 valence electrons. The van der Waals surface area contributed by atoms with Gasteiger partial charge in [-0.05, 0) is 57.7 Å². The van der Waals surface area contributed by atoms with Crippen LogP contribution in [0.2, 0.25) is 0 Å². The number of hydrogen-bond donors (Lipinski definition) is 2. The van der Waals surface area contributed by atoms with Gasteiger partial charge in [0.25, 0.3) is 0 Å². The molecule has 3 heteroatoms. The third-order valence-electron chi connectivity index (χ3n) is 6.31. The quantitative estimate of drug-likeness (QED) is 0.280. The minimum Gasteiger partial charge on any atom is -0.398 e. The molecule has 0 atom stereocenters. The number of nitrogens with two attached hydrogens (primary N) is 2. The standard InChI is InChI=1S/C29H20N2O/c30-27-15-19(9-11-23(27)25-13-17-5-1-3-7-21(17)25)29(32)20-10-12-24(28(31)16-20)26-14-18-6-2-4-8-22(18)26/h1-16H,30-31H2.